The van der Waals surface area contributed by atoms with Crippen molar-refractivity contribution in [3.05, 3.63) is 69.0 Å². The fourth-order valence-corrected chi connectivity index (χ4v) is 3.63. The molecule has 2 heterocycles. The summed E-state index contributed by atoms with van der Waals surface area (Å²) in [5, 5.41) is 0. The third-order valence-corrected chi connectivity index (χ3v) is 5.20. The predicted molar refractivity (Wildman–Crippen MR) is 111 cm³/mol. The minimum atomic E-state index is -0.477. The van der Waals surface area contributed by atoms with Crippen LogP contribution in [-0.4, -0.2) is 39.1 Å². The van der Waals surface area contributed by atoms with E-state index in [2.05, 4.69) is 6.92 Å². The highest BCUT2D eigenvalue weighted by atomic mass is 35.5. The molecule has 1 aliphatic heterocycles. The lowest BCUT2D eigenvalue weighted by Gasteiger charge is -2.38. The fraction of sp³-hybridized carbons (Fsp3) is 0.450. The van der Waals surface area contributed by atoms with Crippen molar-refractivity contribution >= 4 is 18.3 Å². The molecule has 1 aromatic heterocycles. The molecule has 2 N–H and O–H groups in total. The van der Waals surface area contributed by atoms with Crippen LogP contribution in [0, 0.1) is 5.92 Å². The lowest BCUT2D eigenvalue weighted by Crippen LogP contribution is -2.52. The molecule has 1 saturated heterocycles. The van der Waals surface area contributed by atoms with Gasteiger partial charge in [0.2, 0.25) is 5.91 Å². The number of amides is 1. The number of likely N-dealkylation sites (tertiary alicyclic amines) is 1. The van der Waals surface area contributed by atoms with Crippen LogP contribution in [0.25, 0.3) is 0 Å². The van der Waals surface area contributed by atoms with Gasteiger partial charge in [0.05, 0.1) is 6.54 Å². The van der Waals surface area contributed by atoms with Crippen LogP contribution in [0.15, 0.2) is 52.2 Å². The van der Waals surface area contributed by atoms with E-state index in [9.17, 15) is 14.4 Å². The molecule has 0 radical (unpaired) electrons. The number of nitrogens with zero attached hydrogens (tertiary/aromatic N) is 3. The first kappa shape index (κ1) is 21.9. The van der Waals surface area contributed by atoms with E-state index in [1.807, 2.05) is 30.3 Å². The van der Waals surface area contributed by atoms with Crippen LogP contribution >= 0.6 is 12.4 Å². The highest BCUT2D eigenvalue weighted by Gasteiger charge is 2.29. The number of hydrogen-bond donors (Lipinski definition) is 1. The van der Waals surface area contributed by atoms with E-state index in [-0.39, 0.29) is 30.9 Å². The Morgan fingerprint density at radius 1 is 1.18 bits per heavy atom. The van der Waals surface area contributed by atoms with Gasteiger partial charge >= 0.3 is 5.69 Å². The average Bonchev–Trinajstić information content (AvgIpc) is 2.68. The van der Waals surface area contributed by atoms with Crippen molar-refractivity contribution in [3.8, 4) is 0 Å². The summed E-state index contributed by atoms with van der Waals surface area (Å²) in [7, 11) is 0. The summed E-state index contributed by atoms with van der Waals surface area (Å²) in [5.41, 5.74) is 5.83. The second kappa shape index (κ2) is 9.71. The Labute approximate surface area is 170 Å². The Hall–Kier alpha value is -2.38. The molecule has 0 saturated carbocycles. The monoisotopic (exact) mass is 406 g/mol. The van der Waals surface area contributed by atoms with Crippen LogP contribution < -0.4 is 17.0 Å². The summed E-state index contributed by atoms with van der Waals surface area (Å²) in [5.74, 6) is 0.291. The van der Waals surface area contributed by atoms with Crippen molar-refractivity contribution in [3.63, 3.8) is 0 Å². The van der Waals surface area contributed by atoms with Gasteiger partial charge in [-0.15, -0.1) is 12.4 Å². The first-order valence-corrected chi connectivity index (χ1v) is 9.33. The molecule has 1 aliphatic rings. The summed E-state index contributed by atoms with van der Waals surface area (Å²) >= 11 is 0. The molecule has 2 unspecified atom stereocenters. The third-order valence-electron chi connectivity index (χ3n) is 5.20. The molecule has 7 nitrogen and oxygen atoms in total. The van der Waals surface area contributed by atoms with Crippen LogP contribution in [0.5, 0.6) is 0 Å². The van der Waals surface area contributed by atoms with Crippen molar-refractivity contribution in [1.29, 1.82) is 0 Å². The molecule has 1 aromatic carbocycles. The second-order valence-corrected chi connectivity index (χ2v) is 7.24. The zero-order chi connectivity index (χ0) is 19.4. The molecule has 0 spiro atoms. The Kier molecular flexibility index (Phi) is 7.60. The number of piperidine rings is 1. The van der Waals surface area contributed by atoms with Crippen LogP contribution in [0.3, 0.4) is 0 Å². The average molecular weight is 407 g/mol. The maximum atomic E-state index is 12.8. The van der Waals surface area contributed by atoms with Gasteiger partial charge in [-0.2, -0.15) is 0 Å². The highest BCUT2D eigenvalue weighted by molar-refractivity contribution is 5.85. The Morgan fingerprint density at radius 2 is 1.89 bits per heavy atom. The van der Waals surface area contributed by atoms with E-state index in [0.717, 1.165) is 23.0 Å². The number of aromatic nitrogens is 2. The summed E-state index contributed by atoms with van der Waals surface area (Å²) in [6.45, 7) is 3.24. The Balaban J connectivity index is 0.00000280. The molecular weight excluding hydrogens is 380 g/mol. The number of carbonyl (C=O) groups excluding carboxylic acids is 1. The minimum absolute atomic E-state index is 0. The first-order chi connectivity index (χ1) is 13.0. The summed E-state index contributed by atoms with van der Waals surface area (Å²) < 4.78 is 2.46. The zero-order valence-electron chi connectivity index (χ0n) is 16.0. The molecule has 2 atom stereocenters. The van der Waals surface area contributed by atoms with Crippen molar-refractivity contribution in [2.75, 3.05) is 13.1 Å². The van der Waals surface area contributed by atoms with E-state index in [4.69, 9.17) is 5.73 Å². The molecule has 8 heteroatoms. The number of halogens is 1. The normalized spacial score (nSPS) is 19.1. The van der Waals surface area contributed by atoms with Gasteiger partial charge in [0.15, 0.2) is 0 Å². The van der Waals surface area contributed by atoms with Crippen LogP contribution in [0.4, 0.5) is 0 Å². The maximum absolute atomic E-state index is 12.8. The van der Waals surface area contributed by atoms with Crippen LogP contribution in [0.1, 0.15) is 25.3 Å². The van der Waals surface area contributed by atoms with Gasteiger partial charge in [0, 0.05) is 31.4 Å². The van der Waals surface area contributed by atoms with Crippen molar-refractivity contribution in [2.24, 2.45) is 11.7 Å². The zero-order valence-corrected chi connectivity index (χ0v) is 16.8. The SMILES string of the molecule is CC1CCN(C(=O)Cn2c(=O)ccn(Cc3ccccc3)c2=O)C(CN)C1.Cl. The number of nitrogens with two attached hydrogens (primary N) is 1. The van der Waals surface area contributed by atoms with Crippen LogP contribution in [0.2, 0.25) is 0 Å². The van der Waals surface area contributed by atoms with Gasteiger partial charge in [-0.1, -0.05) is 37.3 Å². The molecule has 28 heavy (non-hydrogen) atoms. The van der Waals surface area contributed by atoms with E-state index >= 15 is 0 Å². The van der Waals surface area contributed by atoms with E-state index in [1.165, 1.54) is 16.8 Å². The van der Waals surface area contributed by atoms with Crippen molar-refractivity contribution in [2.45, 2.75) is 38.9 Å². The quantitative estimate of drug-likeness (QED) is 0.804. The smallest absolute Gasteiger partial charge is 0.331 e. The van der Waals surface area contributed by atoms with Crippen molar-refractivity contribution < 1.29 is 4.79 Å². The number of carbonyl (C=O) groups is 1. The third kappa shape index (κ3) is 4.91. The maximum Gasteiger partial charge on any atom is 0.331 e. The van der Waals surface area contributed by atoms with Gasteiger partial charge in [0.25, 0.3) is 5.56 Å². The number of rotatable bonds is 5. The lowest BCUT2D eigenvalue weighted by molar-refractivity contribution is -0.136. The standard InChI is InChI=1S/C20H26N4O3.ClH/c1-15-7-10-23(17(11-15)12-21)19(26)14-24-18(25)8-9-22(20(24)27)13-16-5-3-2-4-6-16;/h2-6,8-9,15,17H,7,10-14,21H2,1H3;1H. The molecular formula is C20H27ClN4O3. The van der Waals surface area contributed by atoms with Gasteiger partial charge in [-0.05, 0) is 24.3 Å². The Bertz CT molecular complexity index is 910. The topological polar surface area (TPSA) is 90.3 Å². The van der Waals surface area contributed by atoms with E-state index < -0.39 is 11.2 Å². The molecule has 0 bridgehead atoms. The summed E-state index contributed by atoms with van der Waals surface area (Å²) in [6.07, 6.45) is 3.23. The fourth-order valence-electron chi connectivity index (χ4n) is 3.63. The molecule has 2 aromatic rings. The van der Waals surface area contributed by atoms with E-state index in [0.29, 0.717) is 25.6 Å². The number of benzene rings is 1. The van der Waals surface area contributed by atoms with Gasteiger partial charge in [-0.25, -0.2) is 4.79 Å². The van der Waals surface area contributed by atoms with Gasteiger partial charge in [-0.3, -0.25) is 18.7 Å². The van der Waals surface area contributed by atoms with Crippen LogP contribution in [-0.2, 0) is 17.9 Å². The largest absolute Gasteiger partial charge is 0.337 e. The van der Waals surface area contributed by atoms with Gasteiger partial charge in [0.1, 0.15) is 6.54 Å². The summed E-state index contributed by atoms with van der Waals surface area (Å²) in [6, 6.07) is 10.8. The molecule has 152 valence electrons. The first-order valence-electron chi connectivity index (χ1n) is 9.33. The summed E-state index contributed by atoms with van der Waals surface area (Å²) in [4.78, 5) is 39.5. The molecule has 3 rings (SSSR count). The Morgan fingerprint density at radius 3 is 2.57 bits per heavy atom. The molecule has 1 amide bonds. The second-order valence-electron chi connectivity index (χ2n) is 7.24. The van der Waals surface area contributed by atoms with E-state index in [1.54, 1.807) is 4.90 Å². The number of hydrogen-bond acceptors (Lipinski definition) is 4. The lowest BCUT2D eigenvalue weighted by atomic mass is 9.92. The highest BCUT2D eigenvalue weighted by Crippen LogP contribution is 2.22. The predicted octanol–water partition coefficient (Wildman–Crippen LogP) is 1.07. The van der Waals surface area contributed by atoms with Gasteiger partial charge < -0.3 is 10.6 Å². The molecule has 0 aliphatic carbocycles. The van der Waals surface area contributed by atoms with Crippen molar-refractivity contribution in [1.82, 2.24) is 14.0 Å². The molecule has 1 fully saturated rings. The minimum Gasteiger partial charge on any atom is -0.337 e.